The molecular formula is C21H28N2O6. The Morgan fingerprint density at radius 1 is 1.28 bits per heavy atom. The molecule has 158 valence electrons. The molecule has 0 aromatic carbocycles. The van der Waals surface area contributed by atoms with Crippen molar-refractivity contribution in [2.24, 2.45) is 11.7 Å². The van der Waals surface area contributed by atoms with E-state index >= 15 is 0 Å². The Bertz CT molecular complexity index is 761. The number of aliphatic carboxylic acids is 1. The molecule has 0 saturated carbocycles. The summed E-state index contributed by atoms with van der Waals surface area (Å²) in [5, 5.41) is 18.5. The Morgan fingerprint density at radius 3 is 2.66 bits per heavy atom. The van der Waals surface area contributed by atoms with Crippen molar-refractivity contribution in [1.82, 2.24) is 4.90 Å². The van der Waals surface area contributed by atoms with E-state index in [2.05, 4.69) is 12.2 Å². The molecule has 1 fully saturated rings. The van der Waals surface area contributed by atoms with Crippen molar-refractivity contribution < 1.29 is 29.3 Å². The molecule has 1 aliphatic carbocycles. The number of carboxylic acid groups (broad SMARTS) is 1. The lowest BCUT2D eigenvalue weighted by Crippen LogP contribution is -2.53. The number of aliphatic hydroxyl groups is 1. The number of carbonyl (C=O) groups is 2. The monoisotopic (exact) mass is 404 g/mol. The minimum absolute atomic E-state index is 0.0338. The van der Waals surface area contributed by atoms with Gasteiger partial charge in [0, 0.05) is 19.5 Å². The molecule has 0 aromatic heterocycles. The van der Waals surface area contributed by atoms with Gasteiger partial charge in [-0.2, -0.15) is 0 Å². The van der Waals surface area contributed by atoms with E-state index in [4.69, 9.17) is 15.2 Å². The number of rotatable bonds is 7. The lowest BCUT2D eigenvalue weighted by Gasteiger charge is -2.35. The molecule has 3 aliphatic rings. The highest BCUT2D eigenvalue weighted by Gasteiger charge is 2.38. The predicted molar refractivity (Wildman–Crippen MR) is 105 cm³/mol. The lowest BCUT2D eigenvalue weighted by molar-refractivity contribution is -0.146. The first-order valence-corrected chi connectivity index (χ1v) is 9.91. The molecular weight excluding hydrogens is 376 g/mol. The summed E-state index contributed by atoms with van der Waals surface area (Å²) in [6.45, 7) is 0.335. The van der Waals surface area contributed by atoms with Crippen molar-refractivity contribution >= 4 is 11.9 Å². The summed E-state index contributed by atoms with van der Waals surface area (Å²) >= 11 is 0. The van der Waals surface area contributed by atoms with Gasteiger partial charge in [0.15, 0.2) is 0 Å². The van der Waals surface area contributed by atoms with Crippen LogP contribution in [0, 0.1) is 5.92 Å². The van der Waals surface area contributed by atoms with Gasteiger partial charge in [0.05, 0.1) is 6.61 Å². The Kier molecular flexibility index (Phi) is 6.76. The normalized spacial score (nSPS) is 21.9. The summed E-state index contributed by atoms with van der Waals surface area (Å²) in [4.78, 5) is 25.7. The number of hydrogen-bond donors (Lipinski definition) is 3. The minimum Gasteiger partial charge on any atom is -0.480 e. The zero-order chi connectivity index (χ0) is 20.9. The largest absolute Gasteiger partial charge is 0.480 e. The second-order valence-electron chi connectivity index (χ2n) is 7.83. The van der Waals surface area contributed by atoms with E-state index in [0.717, 1.165) is 12.8 Å². The summed E-state index contributed by atoms with van der Waals surface area (Å²) in [5.41, 5.74) is 5.37. The van der Waals surface area contributed by atoms with Crippen LogP contribution in [0.3, 0.4) is 0 Å². The number of hydrogen-bond acceptors (Lipinski definition) is 6. The molecule has 2 heterocycles. The first kappa shape index (κ1) is 21.1. The fourth-order valence-electron chi connectivity index (χ4n) is 3.79. The van der Waals surface area contributed by atoms with Gasteiger partial charge in [-0.3, -0.25) is 9.59 Å². The molecule has 1 atom stereocenters. The van der Waals surface area contributed by atoms with Crippen LogP contribution in [0.25, 0.3) is 0 Å². The lowest BCUT2D eigenvalue weighted by atomic mass is 9.83. The predicted octanol–water partition coefficient (Wildman–Crippen LogP) is 1.79. The van der Waals surface area contributed by atoms with Crippen LogP contribution in [0.4, 0.5) is 0 Å². The van der Waals surface area contributed by atoms with Crippen LogP contribution in [-0.2, 0) is 19.1 Å². The highest BCUT2D eigenvalue weighted by molar-refractivity contribution is 5.91. The number of amides is 1. The van der Waals surface area contributed by atoms with Gasteiger partial charge in [-0.05, 0) is 38.0 Å². The average molecular weight is 404 g/mol. The quantitative estimate of drug-likeness (QED) is 0.591. The van der Waals surface area contributed by atoms with Gasteiger partial charge in [-0.25, -0.2) is 0 Å². The SMILES string of the molecule is NC(CO)(CC1CCN(C(=O)C2=COC=C(CC3=CC=CCC3)O2)CC1)C(=O)O. The first-order valence-electron chi connectivity index (χ1n) is 9.91. The molecule has 1 amide bonds. The number of piperidine rings is 1. The first-order chi connectivity index (χ1) is 13.9. The van der Waals surface area contributed by atoms with E-state index in [-0.39, 0.29) is 24.0 Å². The fourth-order valence-corrected chi connectivity index (χ4v) is 3.79. The number of ether oxygens (including phenoxy) is 2. The van der Waals surface area contributed by atoms with Gasteiger partial charge in [-0.15, -0.1) is 0 Å². The van der Waals surface area contributed by atoms with Gasteiger partial charge < -0.3 is 30.3 Å². The average Bonchev–Trinajstić information content (AvgIpc) is 2.74. The van der Waals surface area contributed by atoms with Gasteiger partial charge >= 0.3 is 5.97 Å². The third-order valence-electron chi connectivity index (χ3n) is 5.59. The van der Waals surface area contributed by atoms with Crippen LogP contribution in [0.15, 0.2) is 47.8 Å². The zero-order valence-corrected chi connectivity index (χ0v) is 16.4. The maximum Gasteiger partial charge on any atom is 0.326 e. The van der Waals surface area contributed by atoms with Gasteiger partial charge in [0.2, 0.25) is 5.76 Å². The number of allylic oxidation sites excluding steroid dienone is 4. The van der Waals surface area contributed by atoms with E-state index in [1.165, 1.54) is 18.1 Å². The Balaban J connectivity index is 1.50. The van der Waals surface area contributed by atoms with E-state index < -0.39 is 18.1 Å². The second-order valence-corrected chi connectivity index (χ2v) is 7.83. The highest BCUT2D eigenvalue weighted by Crippen LogP contribution is 2.29. The summed E-state index contributed by atoms with van der Waals surface area (Å²) in [7, 11) is 0. The van der Waals surface area contributed by atoms with Crippen LogP contribution in [0.5, 0.6) is 0 Å². The Labute approximate surface area is 170 Å². The van der Waals surface area contributed by atoms with Crippen molar-refractivity contribution in [3.8, 4) is 0 Å². The van der Waals surface area contributed by atoms with E-state index in [1.807, 2.05) is 6.08 Å². The molecule has 8 nitrogen and oxygen atoms in total. The summed E-state index contributed by atoms with van der Waals surface area (Å²) in [5.74, 6) is -0.664. The molecule has 2 aliphatic heterocycles. The molecule has 0 aromatic rings. The highest BCUT2D eigenvalue weighted by atomic mass is 16.5. The second kappa shape index (κ2) is 9.28. The molecule has 0 radical (unpaired) electrons. The minimum atomic E-state index is -1.64. The maximum absolute atomic E-state index is 12.8. The number of carboxylic acids is 1. The number of nitrogens with zero attached hydrogens (tertiary/aromatic N) is 1. The van der Waals surface area contributed by atoms with Crippen LogP contribution < -0.4 is 5.73 Å². The molecule has 0 spiro atoms. The molecule has 0 bridgehead atoms. The molecule has 1 saturated heterocycles. The Hall–Kier alpha value is -2.58. The number of aliphatic hydroxyl groups excluding tert-OH is 1. The summed E-state index contributed by atoms with van der Waals surface area (Å²) in [6, 6.07) is 0. The molecule has 1 unspecified atom stereocenters. The van der Waals surface area contributed by atoms with Crippen molar-refractivity contribution in [3.05, 3.63) is 47.8 Å². The van der Waals surface area contributed by atoms with Crippen molar-refractivity contribution in [3.63, 3.8) is 0 Å². The van der Waals surface area contributed by atoms with Crippen molar-refractivity contribution in [2.45, 2.75) is 44.1 Å². The number of nitrogens with two attached hydrogens (primary N) is 1. The fraction of sp³-hybridized carbons (Fsp3) is 0.524. The summed E-state index contributed by atoms with van der Waals surface area (Å²) in [6.07, 6.45) is 13.0. The maximum atomic E-state index is 12.8. The molecule has 29 heavy (non-hydrogen) atoms. The number of likely N-dealkylation sites (tertiary alicyclic amines) is 1. The van der Waals surface area contributed by atoms with Crippen LogP contribution in [-0.4, -0.2) is 52.2 Å². The van der Waals surface area contributed by atoms with E-state index in [0.29, 0.717) is 38.1 Å². The number of carbonyl (C=O) groups excluding carboxylic acids is 1. The molecule has 8 heteroatoms. The topological polar surface area (TPSA) is 122 Å². The van der Waals surface area contributed by atoms with Crippen molar-refractivity contribution in [2.75, 3.05) is 19.7 Å². The van der Waals surface area contributed by atoms with E-state index in [1.54, 1.807) is 4.90 Å². The summed E-state index contributed by atoms with van der Waals surface area (Å²) < 4.78 is 11.1. The third kappa shape index (κ3) is 5.27. The smallest absolute Gasteiger partial charge is 0.326 e. The van der Waals surface area contributed by atoms with Crippen molar-refractivity contribution in [1.29, 1.82) is 0 Å². The molecule has 4 N–H and O–H groups in total. The Morgan fingerprint density at radius 2 is 2.03 bits per heavy atom. The third-order valence-corrected chi connectivity index (χ3v) is 5.59. The van der Waals surface area contributed by atoms with Crippen LogP contribution in [0.2, 0.25) is 0 Å². The molecule has 3 rings (SSSR count). The van der Waals surface area contributed by atoms with Crippen LogP contribution in [0.1, 0.15) is 38.5 Å². The van der Waals surface area contributed by atoms with Gasteiger partial charge in [-0.1, -0.05) is 23.8 Å². The van der Waals surface area contributed by atoms with E-state index in [9.17, 15) is 19.8 Å². The van der Waals surface area contributed by atoms with Gasteiger partial charge in [0.25, 0.3) is 5.91 Å². The zero-order valence-electron chi connectivity index (χ0n) is 16.4. The van der Waals surface area contributed by atoms with Gasteiger partial charge in [0.1, 0.15) is 23.8 Å². The standard InChI is InChI=1S/C21H28N2O6/c22-21(14-24,20(26)27)11-16-6-8-23(9-7-16)19(25)18-13-28-12-17(29-18)10-15-4-2-1-3-5-15/h1-2,4,12-13,16,24H,3,5-11,14,22H2,(H,26,27). The van der Waals surface area contributed by atoms with Crippen LogP contribution >= 0.6 is 0 Å².